The molecular formula is C21H26N2O2. The van der Waals surface area contributed by atoms with Crippen LogP contribution >= 0.6 is 0 Å². The second kappa shape index (κ2) is 8.65. The first-order valence-corrected chi connectivity index (χ1v) is 9.07. The Morgan fingerprint density at radius 1 is 1.20 bits per heavy atom. The van der Waals surface area contributed by atoms with Crippen LogP contribution < -0.4 is 4.74 Å². The lowest BCUT2D eigenvalue weighted by atomic mass is 9.98. The van der Waals surface area contributed by atoms with E-state index in [0.29, 0.717) is 18.9 Å². The van der Waals surface area contributed by atoms with Crippen LogP contribution in [-0.4, -0.2) is 35.5 Å². The molecule has 1 saturated heterocycles. The van der Waals surface area contributed by atoms with Gasteiger partial charge in [-0.05, 0) is 56.0 Å². The molecule has 4 nitrogen and oxygen atoms in total. The number of pyridine rings is 1. The number of ether oxygens (including phenoxy) is 1. The van der Waals surface area contributed by atoms with Gasteiger partial charge in [-0.3, -0.25) is 9.78 Å². The smallest absolute Gasteiger partial charge is 0.222 e. The van der Waals surface area contributed by atoms with E-state index in [4.69, 9.17) is 4.74 Å². The maximum absolute atomic E-state index is 12.5. The normalized spacial score (nSPS) is 17.3. The molecular weight excluding hydrogens is 312 g/mol. The Labute approximate surface area is 149 Å². The average molecular weight is 338 g/mol. The van der Waals surface area contributed by atoms with E-state index in [1.165, 1.54) is 11.1 Å². The summed E-state index contributed by atoms with van der Waals surface area (Å²) in [6.07, 6.45) is 7.08. The molecule has 132 valence electrons. The largest absolute Gasteiger partial charge is 0.493 e. The fourth-order valence-electron chi connectivity index (χ4n) is 3.24. The minimum absolute atomic E-state index is 0.247. The lowest BCUT2D eigenvalue weighted by Crippen LogP contribution is -2.41. The van der Waals surface area contributed by atoms with Crippen LogP contribution in [0.25, 0.3) is 0 Å². The van der Waals surface area contributed by atoms with E-state index in [9.17, 15) is 4.79 Å². The topological polar surface area (TPSA) is 42.4 Å². The van der Waals surface area contributed by atoms with Crippen LogP contribution in [0, 0.1) is 12.8 Å². The van der Waals surface area contributed by atoms with Gasteiger partial charge in [0.1, 0.15) is 5.75 Å². The number of aromatic nitrogens is 1. The number of benzene rings is 1. The molecule has 0 saturated carbocycles. The van der Waals surface area contributed by atoms with Gasteiger partial charge in [0.05, 0.1) is 6.61 Å². The van der Waals surface area contributed by atoms with Crippen molar-refractivity contribution in [2.45, 2.75) is 32.6 Å². The highest BCUT2D eigenvalue weighted by atomic mass is 16.5. The molecule has 1 aliphatic heterocycles. The van der Waals surface area contributed by atoms with Crippen LogP contribution in [-0.2, 0) is 11.2 Å². The summed E-state index contributed by atoms with van der Waals surface area (Å²) in [5.74, 6) is 1.57. The van der Waals surface area contributed by atoms with E-state index in [-0.39, 0.29) is 5.91 Å². The van der Waals surface area contributed by atoms with Gasteiger partial charge in [-0.1, -0.05) is 17.7 Å². The van der Waals surface area contributed by atoms with Gasteiger partial charge in [-0.15, -0.1) is 0 Å². The van der Waals surface area contributed by atoms with Crippen molar-refractivity contribution in [3.63, 3.8) is 0 Å². The molecule has 0 radical (unpaired) electrons. The predicted octanol–water partition coefficient (Wildman–Crippen LogP) is 3.64. The molecule has 1 amide bonds. The molecule has 0 aliphatic carbocycles. The van der Waals surface area contributed by atoms with Crippen molar-refractivity contribution in [2.75, 3.05) is 19.7 Å². The molecule has 0 unspecified atom stereocenters. The fraction of sp³-hybridized carbons (Fsp3) is 0.429. The molecule has 4 heteroatoms. The second-order valence-corrected chi connectivity index (χ2v) is 6.83. The van der Waals surface area contributed by atoms with Gasteiger partial charge in [-0.25, -0.2) is 0 Å². The number of likely N-dealkylation sites (tertiary alicyclic amines) is 1. The zero-order valence-electron chi connectivity index (χ0n) is 14.9. The molecule has 1 aliphatic rings. The van der Waals surface area contributed by atoms with Crippen LogP contribution in [0.15, 0.2) is 48.8 Å². The Balaban J connectivity index is 1.45. The van der Waals surface area contributed by atoms with Crippen molar-refractivity contribution in [1.82, 2.24) is 9.88 Å². The summed E-state index contributed by atoms with van der Waals surface area (Å²) in [7, 11) is 0. The number of aryl methyl sites for hydroxylation is 2. The number of carbonyl (C=O) groups excluding carboxylic acids is 1. The third-order valence-corrected chi connectivity index (χ3v) is 4.76. The zero-order chi connectivity index (χ0) is 17.5. The van der Waals surface area contributed by atoms with Crippen molar-refractivity contribution in [3.05, 3.63) is 59.9 Å². The monoisotopic (exact) mass is 338 g/mol. The average Bonchev–Trinajstić information content (AvgIpc) is 2.67. The van der Waals surface area contributed by atoms with Gasteiger partial charge < -0.3 is 9.64 Å². The van der Waals surface area contributed by atoms with Gasteiger partial charge in [0.25, 0.3) is 0 Å². The van der Waals surface area contributed by atoms with E-state index >= 15 is 0 Å². The Morgan fingerprint density at radius 3 is 2.72 bits per heavy atom. The predicted molar refractivity (Wildman–Crippen MR) is 98.5 cm³/mol. The number of carbonyl (C=O) groups is 1. The third kappa shape index (κ3) is 5.31. The lowest BCUT2D eigenvalue weighted by molar-refractivity contribution is -0.133. The minimum Gasteiger partial charge on any atom is -0.493 e. The van der Waals surface area contributed by atoms with Crippen LogP contribution in [0.5, 0.6) is 5.75 Å². The number of nitrogens with zero attached hydrogens (tertiary/aromatic N) is 2. The van der Waals surface area contributed by atoms with Gasteiger partial charge in [0, 0.05) is 37.8 Å². The van der Waals surface area contributed by atoms with Crippen molar-refractivity contribution in [1.29, 1.82) is 0 Å². The summed E-state index contributed by atoms with van der Waals surface area (Å²) >= 11 is 0. The number of piperidine rings is 1. The summed E-state index contributed by atoms with van der Waals surface area (Å²) in [5, 5.41) is 0. The Morgan fingerprint density at radius 2 is 1.96 bits per heavy atom. The standard InChI is InChI=1S/C21H26N2O2/c1-17-4-7-20(8-5-17)25-16-19-3-2-14-23(15-19)21(24)9-6-18-10-12-22-13-11-18/h4-5,7-8,10-13,19H,2-3,6,9,14-16H2,1H3/t19-/m0/s1. The molecule has 2 aromatic rings. The summed E-state index contributed by atoms with van der Waals surface area (Å²) in [4.78, 5) is 18.5. The highest BCUT2D eigenvalue weighted by Crippen LogP contribution is 2.20. The molecule has 25 heavy (non-hydrogen) atoms. The Kier molecular flexibility index (Phi) is 6.04. The zero-order valence-corrected chi connectivity index (χ0v) is 14.9. The molecule has 0 N–H and O–H groups in total. The summed E-state index contributed by atoms with van der Waals surface area (Å²) in [6.45, 7) is 4.43. The number of rotatable bonds is 6. The van der Waals surface area contributed by atoms with Gasteiger partial charge in [-0.2, -0.15) is 0 Å². The Hall–Kier alpha value is -2.36. The maximum Gasteiger partial charge on any atom is 0.222 e. The van der Waals surface area contributed by atoms with Crippen molar-refractivity contribution in [3.8, 4) is 5.75 Å². The van der Waals surface area contributed by atoms with Gasteiger partial charge in [0.2, 0.25) is 5.91 Å². The molecule has 1 aromatic carbocycles. The Bertz CT molecular complexity index is 670. The first-order valence-electron chi connectivity index (χ1n) is 9.07. The van der Waals surface area contributed by atoms with E-state index in [1.54, 1.807) is 12.4 Å². The lowest BCUT2D eigenvalue weighted by Gasteiger charge is -2.32. The van der Waals surface area contributed by atoms with Crippen LogP contribution in [0.4, 0.5) is 0 Å². The van der Waals surface area contributed by atoms with Crippen LogP contribution in [0.1, 0.15) is 30.4 Å². The SMILES string of the molecule is Cc1ccc(OC[C@H]2CCCN(C(=O)CCc3ccncc3)C2)cc1. The first kappa shape index (κ1) is 17.5. The van der Waals surface area contributed by atoms with Crippen molar-refractivity contribution < 1.29 is 9.53 Å². The van der Waals surface area contributed by atoms with E-state index < -0.39 is 0 Å². The van der Waals surface area contributed by atoms with Gasteiger partial charge in [0.15, 0.2) is 0 Å². The molecule has 0 spiro atoms. The number of hydrogen-bond acceptors (Lipinski definition) is 3. The van der Waals surface area contributed by atoms with E-state index in [2.05, 4.69) is 24.0 Å². The van der Waals surface area contributed by atoms with E-state index in [1.807, 2.05) is 29.2 Å². The van der Waals surface area contributed by atoms with Crippen LogP contribution in [0.3, 0.4) is 0 Å². The highest BCUT2D eigenvalue weighted by molar-refractivity contribution is 5.76. The second-order valence-electron chi connectivity index (χ2n) is 6.83. The van der Waals surface area contributed by atoms with Crippen LogP contribution in [0.2, 0.25) is 0 Å². The fourth-order valence-corrected chi connectivity index (χ4v) is 3.24. The summed E-state index contributed by atoms with van der Waals surface area (Å²) < 4.78 is 5.91. The number of hydrogen-bond donors (Lipinski definition) is 0. The molecule has 1 fully saturated rings. The minimum atomic E-state index is 0.247. The molecule has 3 rings (SSSR count). The van der Waals surface area contributed by atoms with Crippen molar-refractivity contribution in [2.24, 2.45) is 5.92 Å². The highest BCUT2D eigenvalue weighted by Gasteiger charge is 2.23. The maximum atomic E-state index is 12.5. The first-order chi connectivity index (χ1) is 12.2. The van der Waals surface area contributed by atoms with E-state index in [0.717, 1.165) is 38.1 Å². The van der Waals surface area contributed by atoms with Crippen molar-refractivity contribution >= 4 is 5.91 Å². The molecule has 0 bridgehead atoms. The van der Waals surface area contributed by atoms with Gasteiger partial charge >= 0.3 is 0 Å². The molecule has 1 aromatic heterocycles. The molecule has 1 atom stereocenters. The number of amides is 1. The summed E-state index contributed by atoms with van der Waals surface area (Å²) in [6, 6.07) is 12.1. The molecule has 2 heterocycles. The third-order valence-electron chi connectivity index (χ3n) is 4.76. The summed E-state index contributed by atoms with van der Waals surface area (Å²) in [5.41, 5.74) is 2.40. The quantitative estimate of drug-likeness (QED) is 0.807.